The van der Waals surface area contributed by atoms with Crippen molar-refractivity contribution in [2.24, 2.45) is 5.92 Å². The third-order valence-corrected chi connectivity index (χ3v) is 4.69. The monoisotopic (exact) mass is 260 g/mol. The molecule has 0 saturated heterocycles. The van der Waals surface area contributed by atoms with Crippen molar-refractivity contribution in [3.05, 3.63) is 29.3 Å². The summed E-state index contributed by atoms with van der Waals surface area (Å²) in [5, 5.41) is 0. The third-order valence-electron chi connectivity index (χ3n) is 4.69. The molecule has 2 rings (SSSR count). The van der Waals surface area contributed by atoms with Gasteiger partial charge in [-0.3, -0.25) is 4.90 Å². The van der Waals surface area contributed by atoms with Gasteiger partial charge in [0.1, 0.15) is 0 Å². The van der Waals surface area contributed by atoms with Gasteiger partial charge in [-0.1, -0.05) is 39.3 Å². The molecular weight excluding hydrogens is 232 g/mol. The Morgan fingerprint density at radius 3 is 2.74 bits per heavy atom. The van der Waals surface area contributed by atoms with Gasteiger partial charge in [0, 0.05) is 24.8 Å². The van der Waals surface area contributed by atoms with Crippen LogP contribution < -0.4 is 5.73 Å². The molecule has 0 radical (unpaired) electrons. The molecule has 0 aromatic heterocycles. The molecule has 1 heterocycles. The highest BCUT2D eigenvalue weighted by atomic mass is 15.2. The zero-order chi connectivity index (χ0) is 13.8. The lowest BCUT2D eigenvalue weighted by atomic mass is 9.92. The summed E-state index contributed by atoms with van der Waals surface area (Å²) >= 11 is 0. The Kier molecular flexibility index (Phi) is 4.87. The molecule has 0 fully saturated rings. The summed E-state index contributed by atoms with van der Waals surface area (Å²) in [6, 6.07) is 7.09. The molecule has 0 amide bonds. The summed E-state index contributed by atoms with van der Waals surface area (Å²) in [4.78, 5) is 2.66. The highest BCUT2D eigenvalue weighted by molar-refractivity contribution is 5.51. The van der Waals surface area contributed by atoms with Crippen LogP contribution >= 0.6 is 0 Å². The average Bonchev–Trinajstić information content (AvgIpc) is 2.44. The molecule has 0 bridgehead atoms. The van der Waals surface area contributed by atoms with E-state index in [4.69, 9.17) is 5.73 Å². The van der Waals surface area contributed by atoms with Crippen LogP contribution in [-0.2, 0) is 13.0 Å². The van der Waals surface area contributed by atoms with E-state index >= 15 is 0 Å². The summed E-state index contributed by atoms with van der Waals surface area (Å²) in [6.45, 7) is 9.23. The first-order valence-corrected chi connectivity index (χ1v) is 7.76. The van der Waals surface area contributed by atoms with E-state index in [2.05, 4.69) is 37.8 Å². The first kappa shape index (κ1) is 14.4. The lowest BCUT2D eigenvalue weighted by Gasteiger charge is -2.36. The van der Waals surface area contributed by atoms with Crippen molar-refractivity contribution in [3.63, 3.8) is 0 Å². The molecule has 1 aromatic rings. The predicted octanol–water partition coefficient (Wildman–Crippen LogP) is 3.84. The van der Waals surface area contributed by atoms with Crippen LogP contribution in [0, 0.1) is 5.92 Å². The molecule has 2 N–H and O–H groups in total. The fourth-order valence-corrected chi connectivity index (χ4v) is 3.18. The lowest BCUT2D eigenvalue weighted by molar-refractivity contribution is 0.149. The van der Waals surface area contributed by atoms with E-state index in [-0.39, 0.29) is 0 Å². The number of fused-ring (bicyclic) bond motifs is 1. The first-order chi connectivity index (χ1) is 9.15. The zero-order valence-electron chi connectivity index (χ0n) is 12.7. The molecule has 2 heteroatoms. The fourth-order valence-electron chi connectivity index (χ4n) is 3.18. The molecule has 2 atom stereocenters. The second-order valence-electron chi connectivity index (χ2n) is 6.02. The molecule has 0 saturated carbocycles. The maximum atomic E-state index is 6.08. The van der Waals surface area contributed by atoms with E-state index in [0.29, 0.717) is 0 Å². The van der Waals surface area contributed by atoms with E-state index in [0.717, 1.165) is 37.2 Å². The summed E-state index contributed by atoms with van der Waals surface area (Å²) in [5.41, 5.74) is 9.88. The first-order valence-electron chi connectivity index (χ1n) is 7.76. The summed E-state index contributed by atoms with van der Waals surface area (Å²) < 4.78 is 0. The van der Waals surface area contributed by atoms with Crippen LogP contribution in [0.2, 0.25) is 0 Å². The van der Waals surface area contributed by atoms with E-state index in [1.165, 1.54) is 30.4 Å². The Bertz CT molecular complexity index is 414. The SMILES string of the molecule is CCC(C)CC(CC)N1CCc2c(N)cccc2C1. The van der Waals surface area contributed by atoms with Crippen molar-refractivity contribution >= 4 is 5.69 Å². The molecule has 1 aliphatic heterocycles. The lowest BCUT2D eigenvalue weighted by Crippen LogP contribution is -2.40. The number of nitrogens with zero attached hydrogens (tertiary/aromatic N) is 1. The molecule has 106 valence electrons. The van der Waals surface area contributed by atoms with Gasteiger partial charge in [-0.15, -0.1) is 0 Å². The van der Waals surface area contributed by atoms with Crippen molar-refractivity contribution in [1.29, 1.82) is 0 Å². The number of anilines is 1. The van der Waals surface area contributed by atoms with Gasteiger partial charge in [0.15, 0.2) is 0 Å². The summed E-state index contributed by atoms with van der Waals surface area (Å²) in [6.07, 6.45) is 4.97. The van der Waals surface area contributed by atoms with Crippen molar-refractivity contribution < 1.29 is 0 Å². The molecule has 0 aliphatic carbocycles. The normalized spacial score (nSPS) is 18.9. The van der Waals surface area contributed by atoms with Gasteiger partial charge < -0.3 is 5.73 Å². The van der Waals surface area contributed by atoms with Gasteiger partial charge in [0.25, 0.3) is 0 Å². The van der Waals surface area contributed by atoms with Crippen molar-refractivity contribution in [2.45, 2.75) is 59.0 Å². The maximum Gasteiger partial charge on any atom is 0.0350 e. The van der Waals surface area contributed by atoms with E-state index in [1.54, 1.807) is 0 Å². The summed E-state index contributed by atoms with van der Waals surface area (Å²) in [5.74, 6) is 0.826. The van der Waals surface area contributed by atoms with Crippen LogP contribution in [0.1, 0.15) is 51.2 Å². The highest BCUT2D eigenvalue weighted by Crippen LogP contribution is 2.27. The minimum atomic E-state index is 0.726. The Morgan fingerprint density at radius 2 is 2.05 bits per heavy atom. The highest BCUT2D eigenvalue weighted by Gasteiger charge is 2.24. The van der Waals surface area contributed by atoms with E-state index < -0.39 is 0 Å². The van der Waals surface area contributed by atoms with Gasteiger partial charge in [-0.25, -0.2) is 0 Å². The third kappa shape index (κ3) is 3.30. The molecule has 19 heavy (non-hydrogen) atoms. The zero-order valence-corrected chi connectivity index (χ0v) is 12.7. The van der Waals surface area contributed by atoms with Gasteiger partial charge >= 0.3 is 0 Å². The van der Waals surface area contributed by atoms with E-state index in [1.807, 2.05) is 6.07 Å². The number of hydrogen-bond acceptors (Lipinski definition) is 2. The minimum absolute atomic E-state index is 0.726. The molecule has 2 nitrogen and oxygen atoms in total. The quantitative estimate of drug-likeness (QED) is 0.815. The summed E-state index contributed by atoms with van der Waals surface area (Å²) in [7, 11) is 0. The average molecular weight is 260 g/mol. The smallest absolute Gasteiger partial charge is 0.0350 e. The van der Waals surface area contributed by atoms with Crippen LogP contribution in [0.15, 0.2) is 18.2 Å². The second-order valence-corrected chi connectivity index (χ2v) is 6.02. The maximum absolute atomic E-state index is 6.08. The van der Waals surface area contributed by atoms with Crippen LogP contribution in [0.25, 0.3) is 0 Å². The fraction of sp³-hybridized carbons (Fsp3) is 0.647. The predicted molar refractivity (Wildman–Crippen MR) is 83.1 cm³/mol. The Hall–Kier alpha value is -1.02. The van der Waals surface area contributed by atoms with Gasteiger partial charge in [-0.05, 0) is 42.4 Å². The van der Waals surface area contributed by atoms with Gasteiger partial charge in [0.05, 0.1) is 0 Å². The molecular formula is C17H28N2. The molecule has 0 spiro atoms. The Morgan fingerprint density at radius 1 is 1.26 bits per heavy atom. The van der Waals surface area contributed by atoms with Crippen LogP contribution in [0.3, 0.4) is 0 Å². The minimum Gasteiger partial charge on any atom is -0.398 e. The molecule has 1 aliphatic rings. The second kappa shape index (κ2) is 6.42. The molecule has 1 aromatic carbocycles. The number of hydrogen-bond donors (Lipinski definition) is 1. The van der Waals surface area contributed by atoms with Crippen LogP contribution in [-0.4, -0.2) is 17.5 Å². The number of nitrogens with two attached hydrogens (primary N) is 1. The van der Waals surface area contributed by atoms with Crippen LogP contribution in [0.4, 0.5) is 5.69 Å². The van der Waals surface area contributed by atoms with Crippen molar-refractivity contribution in [2.75, 3.05) is 12.3 Å². The van der Waals surface area contributed by atoms with Crippen LogP contribution in [0.5, 0.6) is 0 Å². The molecule has 2 unspecified atom stereocenters. The Balaban J connectivity index is 2.07. The standard InChI is InChI=1S/C17H28N2/c1-4-13(3)11-15(5-2)19-10-9-16-14(12-19)7-6-8-17(16)18/h6-8,13,15H,4-5,9-12,18H2,1-3H3. The van der Waals surface area contributed by atoms with Gasteiger partial charge in [-0.2, -0.15) is 0 Å². The van der Waals surface area contributed by atoms with Gasteiger partial charge in [0.2, 0.25) is 0 Å². The largest absolute Gasteiger partial charge is 0.398 e. The number of rotatable bonds is 5. The van der Waals surface area contributed by atoms with Crippen molar-refractivity contribution in [3.8, 4) is 0 Å². The number of nitrogen functional groups attached to an aromatic ring is 1. The number of benzene rings is 1. The topological polar surface area (TPSA) is 29.3 Å². The Labute approximate surface area is 118 Å². The van der Waals surface area contributed by atoms with E-state index in [9.17, 15) is 0 Å². The van der Waals surface area contributed by atoms with Crippen molar-refractivity contribution in [1.82, 2.24) is 4.90 Å².